The fourth-order valence-electron chi connectivity index (χ4n) is 3.95. The van der Waals surface area contributed by atoms with E-state index in [1.807, 2.05) is 45.0 Å². The predicted octanol–water partition coefficient (Wildman–Crippen LogP) is 4.38. The summed E-state index contributed by atoms with van der Waals surface area (Å²) in [5.41, 5.74) is 0.491. The fourth-order valence-corrected chi connectivity index (χ4v) is 3.95. The SMILES string of the molecule is CN(C)C(=O)c1cccc(Nc2c(NC(c3ccc4occc4c3)C(C)(C)C)c(=O)c2=O)c1O. The van der Waals surface area contributed by atoms with Gasteiger partial charge in [-0.1, -0.05) is 32.9 Å². The van der Waals surface area contributed by atoms with E-state index < -0.39 is 10.9 Å². The van der Waals surface area contributed by atoms with Crippen molar-refractivity contribution < 1.29 is 14.3 Å². The molecule has 4 aromatic rings. The molecule has 8 nitrogen and oxygen atoms in total. The molecule has 1 amide bonds. The lowest BCUT2D eigenvalue weighted by molar-refractivity contribution is 0.0824. The highest BCUT2D eigenvalue weighted by atomic mass is 16.3. The number of nitrogens with zero attached hydrogens (tertiary/aromatic N) is 1. The molecule has 3 N–H and O–H groups in total. The molecule has 1 unspecified atom stereocenters. The summed E-state index contributed by atoms with van der Waals surface area (Å²) in [5, 5.41) is 17.7. The van der Waals surface area contributed by atoms with E-state index in [4.69, 9.17) is 4.42 Å². The van der Waals surface area contributed by atoms with Crippen LogP contribution in [0.2, 0.25) is 0 Å². The molecule has 8 heteroatoms. The lowest BCUT2D eigenvalue weighted by atomic mass is 9.81. The first-order valence-electron chi connectivity index (χ1n) is 10.9. The van der Waals surface area contributed by atoms with Crippen LogP contribution in [0.15, 0.2) is 62.7 Å². The van der Waals surface area contributed by atoms with Gasteiger partial charge in [0.25, 0.3) is 16.8 Å². The Morgan fingerprint density at radius 2 is 1.74 bits per heavy atom. The van der Waals surface area contributed by atoms with Gasteiger partial charge in [0.2, 0.25) is 0 Å². The molecular formula is C26H27N3O5. The summed E-state index contributed by atoms with van der Waals surface area (Å²) in [6.45, 7) is 6.10. The number of hydrogen-bond acceptors (Lipinski definition) is 7. The van der Waals surface area contributed by atoms with E-state index in [1.54, 1.807) is 26.4 Å². The van der Waals surface area contributed by atoms with E-state index >= 15 is 0 Å². The Hall–Kier alpha value is -4.07. The number of fused-ring (bicyclic) bond motifs is 1. The van der Waals surface area contributed by atoms with Crippen molar-refractivity contribution in [1.82, 2.24) is 4.90 Å². The van der Waals surface area contributed by atoms with Crippen LogP contribution in [0.4, 0.5) is 17.1 Å². The Bertz CT molecular complexity index is 1450. The third-order valence-corrected chi connectivity index (χ3v) is 5.81. The van der Waals surface area contributed by atoms with E-state index in [9.17, 15) is 19.5 Å². The summed E-state index contributed by atoms with van der Waals surface area (Å²) < 4.78 is 5.43. The van der Waals surface area contributed by atoms with Crippen LogP contribution in [0.3, 0.4) is 0 Å². The molecule has 0 saturated carbocycles. The molecule has 0 radical (unpaired) electrons. The molecule has 4 rings (SSSR count). The first-order valence-corrected chi connectivity index (χ1v) is 10.9. The summed E-state index contributed by atoms with van der Waals surface area (Å²) in [6.07, 6.45) is 1.62. The highest BCUT2D eigenvalue weighted by Crippen LogP contribution is 2.39. The Morgan fingerprint density at radius 1 is 1.03 bits per heavy atom. The molecular weight excluding hydrogens is 434 g/mol. The molecule has 1 atom stereocenters. The second-order valence-electron chi connectivity index (χ2n) is 9.60. The third kappa shape index (κ3) is 4.03. The van der Waals surface area contributed by atoms with Gasteiger partial charge in [-0.3, -0.25) is 14.4 Å². The van der Waals surface area contributed by atoms with Crippen molar-refractivity contribution in [3.63, 3.8) is 0 Å². The maximum Gasteiger partial charge on any atom is 0.257 e. The minimum Gasteiger partial charge on any atom is -0.505 e. The number of phenols is 1. The van der Waals surface area contributed by atoms with Crippen molar-refractivity contribution in [3.05, 3.63) is 80.3 Å². The monoisotopic (exact) mass is 461 g/mol. The zero-order valence-electron chi connectivity index (χ0n) is 19.7. The smallest absolute Gasteiger partial charge is 0.257 e. The standard InChI is InChI=1S/C26H27N3O5/c1-26(2,3)24(15-9-10-18-14(13-15)11-12-34-18)28-20-19(22(31)23(20)32)27-17-8-6-7-16(21(17)30)25(33)29(4)5/h6-13,24,27-28,30H,1-5H3. The van der Waals surface area contributed by atoms with Crippen molar-refractivity contribution in [2.24, 2.45) is 5.41 Å². The van der Waals surface area contributed by atoms with Gasteiger partial charge in [-0.05, 0) is 41.3 Å². The van der Waals surface area contributed by atoms with Crippen LogP contribution < -0.4 is 21.5 Å². The number of furan rings is 1. The quantitative estimate of drug-likeness (QED) is 0.289. The van der Waals surface area contributed by atoms with Crippen LogP contribution in [0.25, 0.3) is 11.0 Å². The normalized spacial score (nSPS) is 12.6. The summed E-state index contributed by atoms with van der Waals surface area (Å²) in [5.74, 6) is -0.676. The molecule has 0 aliphatic rings. The average Bonchev–Trinajstić information content (AvgIpc) is 3.25. The molecule has 1 aromatic heterocycles. The largest absolute Gasteiger partial charge is 0.505 e. The van der Waals surface area contributed by atoms with Crippen molar-refractivity contribution in [1.29, 1.82) is 0 Å². The van der Waals surface area contributed by atoms with Crippen molar-refractivity contribution in [2.45, 2.75) is 26.8 Å². The van der Waals surface area contributed by atoms with Gasteiger partial charge in [0.1, 0.15) is 17.0 Å². The molecule has 0 aliphatic carbocycles. The first-order chi connectivity index (χ1) is 16.0. The molecule has 3 aromatic carbocycles. The molecule has 176 valence electrons. The number of carbonyl (C=O) groups excluding carboxylic acids is 1. The number of nitrogens with one attached hydrogen (secondary N) is 2. The van der Waals surface area contributed by atoms with E-state index in [1.165, 1.54) is 17.0 Å². The predicted molar refractivity (Wildman–Crippen MR) is 133 cm³/mol. The van der Waals surface area contributed by atoms with Gasteiger partial charge >= 0.3 is 0 Å². The number of rotatable bonds is 6. The molecule has 0 bridgehead atoms. The van der Waals surface area contributed by atoms with Crippen LogP contribution in [-0.2, 0) is 0 Å². The number of hydrogen-bond donors (Lipinski definition) is 3. The maximum atomic E-state index is 12.5. The number of carbonyl (C=O) groups is 1. The summed E-state index contributed by atoms with van der Waals surface area (Å²) in [7, 11) is 3.15. The number of para-hydroxylation sites is 1. The van der Waals surface area contributed by atoms with Gasteiger partial charge in [0.05, 0.1) is 23.6 Å². The van der Waals surface area contributed by atoms with E-state index in [2.05, 4.69) is 10.6 Å². The molecule has 0 aliphatic heterocycles. The van der Waals surface area contributed by atoms with Crippen molar-refractivity contribution >= 4 is 33.9 Å². The summed E-state index contributed by atoms with van der Waals surface area (Å²) in [4.78, 5) is 38.7. The van der Waals surface area contributed by atoms with Crippen LogP contribution in [0.5, 0.6) is 5.75 Å². The molecule has 0 spiro atoms. The minimum atomic E-state index is -0.691. The first kappa shape index (κ1) is 23.1. The molecule has 34 heavy (non-hydrogen) atoms. The van der Waals surface area contributed by atoms with Crippen LogP contribution in [-0.4, -0.2) is 30.0 Å². The maximum absolute atomic E-state index is 12.5. The Kier molecular flexibility index (Phi) is 5.69. The zero-order chi connectivity index (χ0) is 24.8. The number of aromatic hydroxyl groups is 1. The summed E-state index contributed by atoms with van der Waals surface area (Å²) >= 11 is 0. The number of anilines is 3. The zero-order valence-corrected chi connectivity index (χ0v) is 19.7. The fraction of sp³-hybridized carbons (Fsp3) is 0.269. The van der Waals surface area contributed by atoms with E-state index in [0.717, 1.165) is 16.5 Å². The highest BCUT2D eigenvalue weighted by Gasteiger charge is 2.31. The third-order valence-electron chi connectivity index (χ3n) is 5.81. The second-order valence-corrected chi connectivity index (χ2v) is 9.60. The van der Waals surface area contributed by atoms with Gasteiger partial charge in [0, 0.05) is 19.5 Å². The van der Waals surface area contributed by atoms with E-state index in [0.29, 0.717) is 0 Å². The minimum absolute atomic E-state index is 0.0494. The Labute approximate surface area is 196 Å². The molecule has 0 saturated heterocycles. The number of amides is 1. The topological polar surface area (TPSA) is 112 Å². The number of benzene rings is 2. The van der Waals surface area contributed by atoms with Gasteiger partial charge in [-0.2, -0.15) is 0 Å². The van der Waals surface area contributed by atoms with Crippen LogP contribution >= 0.6 is 0 Å². The van der Waals surface area contributed by atoms with Crippen LogP contribution in [0, 0.1) is 5.41 Å². The highest BCUT2D eigenvalue weighted by molar-refractivity contribution is 5.99. The van der Waals surface area contributed by atoms with Crippen molar-refractivity contribution in [2.75, 3.05) is 24.7 Å². The molecule has 0 fully saturated rings. The van der Waals surface area contributed by atoms with Gasteiger partial charge < -0.3 is 25.1 Å². The van der Waals surface area contributed by atoms with Gasteiger partial charge in [0.15, 0.2) is 5.75 Å². The van der Waals surface area contributed by atoms with Gasteiger partial charge in [-0.25, -0.2) is 0 Å². The van der Waals surface area contributed by atoms with E-state index in [-0.39, 0.29) is 45.7 Å². The average molecular weight is 462 g/mol. The molecule has 1 heterocycles. The number of phenolic OH excluding ortho intramolecular Hbond substituents is 1. The summed E-state index contributed by atoms with van der Waals surface area (Å²) in [6, 6.07) is 12.0. The Balaban J connectivity index is 1.69. The van der Waals surface area contributed by atoms with Crippen molar-refractivity contribution in [3.8, 4) is 5.75 Å². The van der Waals surface area contributed by atoms with Crippen LogP contribution in [0.1, 0.15) is 42.7 Å². The van der Waals surface area contributed by atoms with Gasteiger partial charge in [-0.15, -0.1) is 0 Å². The lowest BCUT2D eigenvalue weighted by Gasteiger charge is -2.33. The second kappa shape index (κ2) is 8.37. The Morgan fingerprint density at radius 3 is 2.41 bits per heavy atom. The lowest BCUT2D eigenvalue weighted by Crippen LogP contribution is -2.39.